The van der Waals surface area contributed by atoms with Crippen molar-refractivity contribution in [1.82, 2.24) is 5.32 Å². The highest BCUT2D eigenvalue weighted by molar-refractivity contribution is 7.80. The summed E-state index contributed by atoms with van der Waals surface area (Å²) in [6.07, 6.45) is 0.713. The molecule has 3 N–H and O–H groups in total. The minimum absolute atomic E-state index is 0.256. The third-order valence-electron chi connectivity index (χ3n) is 4.12. The topological polar surface area (TPSA) is 53.2 Å². The molecule has 3 aromatic carbocycles. The second-order valence-corrected chi connectivity index (χ2v) is 6.70. The van der Waals surface area contributed by atoms with Crippen molar-refractivity contribution >= 4 is 34.6 Å². The maximum atomic E-state index is 12.9. The molecule has 4 nitrogen and oxygen atoms in total. The van der Waals surface area contributed by atoms with Crippen LogP contribution in [0.2, 0.25) is 0 Å². The molecular formula is C22H19F2N3OS. The SMILES string of the molecule is O=C(Nc1ccc(F)cc1)c1ccc(NC(=S)NCCc2ccc(F)cc2)cc1. The van der Waals surface area contributed by atoms with Crippen molar-refractivity contribution < 1.29 is 13.6 Å². The molecule has 1 amide bonds. The number of carbonyl (C=O) groups is 1. The number of thiocarbonyl (C=S) groups is 1. The van der Waals surface area contributed by atoms with Gasteiger partial charge in [0, 0.05) is 23.5 Å². The van der Waals surface area contributed by atoms with E-state index in [4.69, 9.17) is 12.2 Å². The van der Waals surface area contributed by atoms with Crippen LogP contribution < -0.4 is 16.0 Å². The predicted molar refractivity (Wildman–Crippen MR) is 115 cm³/mol. The van der Waals surface area contributed by atoms with E-state index in [1.807, 2.05) is 0 Å². The number of rotatable bonds is 6. The molecule has 0 aliphatic heterocycles. The average molecular weight is 411 g/mol. The zero-order chi connectivity index (χ0) is 20.6. The zero-order valence-corrected chi connectivity index (χ0v) is 16.2. The van der Waals surface area contributed by atoms with E-state index in [-0.39, 0.29) is 17.5 Å². The third kappa shape index (κ3) is 6.36. The van der Waals surface area contributed by atoms with Crippen molar-refractivity contribution in [2.24, 2.45) is 0 Å². The summed E-state index contributed by atoms with van der Waals surface area (Å²) >= 11 is 5.26. The first-order chi connectivity index (χ1) is 14.0. The Morgan fingerprint density at radius 3 is 1.90 bits per heavy atom. The molecule has 7 heteroatoms. The number of amides is 1. The smallest absolute Gasteiger partial charge is 0.255 e. The van der Waals surface area contributed by atoms with Gasteiger partial charge in [-0.15, -0.1) is 0 Å². The van der Waals surface area contributed by atoms with Crippen molar-refractivity contribution in [3.05, 3.63) is 95.6 Å². The van der Waals surface area contributed by atoms with Gasteiger partial charge in [0.25, 0.3) is 5.91 Å². The summed E-state index contributed by atoms with van der Waals surface area (Å²) in [5, 5.41) is 9.29. The molecule has 0 saturated carbocycles. The average Bonchev–Trinajstić information content (AvgIpc) is 2.72. The van der Waals surface area contributed by atoms with Crippen LogP contribution in [0, 0.1) is 11.6 Å². The Morgan fingerprint density at radius 2 is 1.28 bits per heavy atom. The van der Waals surface area contributed by atoms with Crippen LogP contribution >= 0.6 is 12.2 Å². The molecule has 0 aromatic heterocycles. The molecule has 3 aromatic rings. The van der Waals surface area contributed by atoms with Crippen LogP contribution in [0.25, 0.3) is 0 Å². The van der Waals surface area contributed by atoms with Crippen LogP contribution in [0.3, 0.4) is 0 Å². The van der Waals surface area contributed by atoms with Gasteiger partial charge in [-0.2, -0.15) is 0 Å². The summed E-state index contributed by atoms with van der Waals surface area (Å²) in [5.41, 5.74) is 2.74. The van der Waals surface area contributed by atoms with Gasteiger partial charge in [-0.1, -0.05) is 12.1 Å². The predicted octanol–water partition coefficient (Wildman–Crippen LogP) is 4.75. The quantitative estimate of drug-likeness (QED) is 0.513. The van der Waals surface area contributed by atoms with Crippen LogP contribution in [0.15, 0.2) is 72.8 Å². The Hall–Kier alpha value is -3.32. The van der Waals surface area contributed by atoms with Gasteiger partial charge in [-0.25, -0.2) is 8.78 Å². The first kappa shape index (κ1) is 20.4. The summed E-state index contributed by atoms with van der Waals surface area (Å²) in [5.74, 6) is -0.905. The summed E-state index contributed by atoms with van der Waals surface area (Å²) in [6.45, 7) is 0.607. The first-order valence-electron chi connectivity index (χ1n) is 8.96. The second kappa shape index (κ2) is 9.75. The Kier molecular flexibility index (Phi) is 6.86. The van der Waals surface area contributed by atoms with Crippen LogP contribution in [0.1, 0.15) is 15.9 Å². The van der Waals surface area contributed by atoms with Crippen molar-refractivity contribution in [2.45, 2.75) is 6.42 Å². The highest BCUT2D eigenvalue weighted by Gasteiger charge is 2.07. The lowest BCUT2D eigenvalue weighted by molar-refractivity contribution is 0.102. The monoisotopic (exact) mass is 411 g/mol. The van der Waals surface area contributed by atoms with Crippen molar-refractivity contribution in [2.75, 3.05) is 17.2 Å². The zero-order valence-electron chi connectivity index (χ0n) is 15.4. The fraction of sp³-hybridized carbons (Fsp3) is 0.0909. The Bertz CT molecular complexity index is 974. The van der Waals surface area contributed by atoms with Crippen LogP contribution in [0.4, 0.5) is 20.2 Å². The molecule has 0 unspecified atom stereocenters. The molecule has 0 heterocycles. The largest absolute Gasteiger partial charge is 0.362 e. The van der Waals surface area contributed by atoms with E-state index in [0.29, 0.717) is 29.3 Å². The second-order valence-electron chi connectivity index (χ2n) is 6.30. The van der Waals surface area contributed by atoms with E-state index >= 15 is 0 Å². The normalized spacial score (nSPS) is 10.3. The fourth-order valence-corrected chi connectivity index (χ4v) is 2.81. The molecule has 3 rings (SSSR count). The van der Waals surface area contributed by atoms with Crippen molar-refractivity contribution in [1.29, 1.82) is 0 Å². The molecular weight excluding hydrogens is 392 g/mol. The van der Waals surface area contributed by atoms with Gasteiger partial charge < -0.3 is 16.0 Å². The molecule has 0 fully saturated rings. The first-order valence-corrected chi connectivity index (χ1v) is 9.37. The van der Waals surface area contributed by atoms with E-state index in [0.717, 1.165) is 11.3 Å². The van der Waals surface area contributed by atoms with E-state index in [1.54, 1.807) is 36.4 Å². The van der Waals surface area contributed by atoms with E-state index in [1.165, 1.54) is 36.4 Å². The molecule has 0 atom stereocenters. The molecule has 0 saturated heterocycles. The lowest BCUT2D eigenvalue weighted by Crippen LogP contribution is -2.30. The molecule has 0 aliphatic carbocycles. The van der Waals surface area contributed by atoms with Crippen molar-refractivity contribution in [3.63, 3.8) is 0 Å². The number of halogens is 2. The molecule has 148 valence electrons. The Morgan fingerprint density at radius 1 is 0.759 bits per heavy atom. The van der Waals surface area contributed by atoms with Crippen LogP contribution in [-0.4, -0.2) is 17.6 Å². The molecule has 29 heavy (non-hydrogen) atoms. The van der Waals surface area contributed by atoms with Gasteiger partial charge >= 0.3 is 0 Å². The van der Waals surface area contributed by atoms with Gasteiger partial charge in [0.1, 0.15) is 11.6 Å². The Balaban J connectivity index is 1.46. The number of hydrogen-bond acceptors (Lipinski definition) is 2. The van der Waals surface area contributed by atoms with Gasteiger partial charge in [0.15, 0.2) is 5.11 Å². The van der Waals surface area contributed by atoms with E-state index < -0.39 is 0 Å². The highest BCUT2D eigenvalue weighted by atomic mass is 32.1. The highest BCUT2D eigenvalue weighted by Crippen LogP contribution is 2.13. The van der Waals surface area contributed by atoms with Gasteiger partial charge in [0.05, 0.1) is 0 Å². The summed E-state index contributed by atoms with van der Waals surface area (Å²) < 4.78 is 25.8. The number of carbonyl (C=O) groups excluding carboxylic acids is 1. The number of anilines is 2. The van der Waals surface area contributed by atoms with Gasteiger partial charge in [-0.3, -0.25) is 4.79 Å². The standard InChI is InChI=1S/C22H19F2N3OS/c23-17-5-1-15(2-6-17)13-14-25-22(29)27-20-9-3-16(4-10-20)21(28)26-19-11-7-18(24)8-12-19/h1-12H,13-14H2,(H,26,28)(H2,25,27,29). The maximum absolute atomic E-state index is 12.9. The fourth-order valence-electron chi connectivity index (χ4n) is 2.59. The number of hydrogen-bond donors (Lipinski definition) is 3. The third-order valence-corrected chi connectivity index (χ3v) is 4.37. The summed E-state index contributed by atoms with van der Waals surface area (Å²) in [6, 6.07) is 18.7. The van der Waals surface area contributed by atoms with Crippen LogP contribution in [0.5, 0.6) is 0 Å². The number of benzene rings is 3. The molecule has 0 aliphatic rings. The van der Waals surface area contributed by atoms with Crippen LogP contribution in [-0.2, 0) is 6.42 Å². The maximum Gasteiger partial charge on any atom is 0.255 e. The van der Waals surface area contributed by atoms with E-state index in [9.17, 15) is 13.6 Å². The molecule has 0 radical (unpaired) electrons. The van der Waals surface area contributed by atoms with E-state index in [2.05, 4.69) is 16.0 Å². The van der Waals surface area contributed by atoms with Gasteiger partial charge in [-0.05, 0) is 84.9 Å². The summed E-state index contributed by atoms with van der Waals surface area (Å²) in [7, 11) is 0. The summed E-state index contributed by atoms with van der Waals surface area (Å²) in [4.78, 5) is 12.2. The van der Waals surface area contributed by atoms with Gasteiger partial charge in [0.2, 0.25) is 0 Å². The minimum atomic E-state index is -0.360. The molecule has 0 bridgehead atoms. The lowest BCUT2D eigenvalue weighted by Gasteiger charge is -2.11. The lowest BCUT2D eigenvalue weighted by atomic mass is 10.1. The number of nitrogens with one attached hydrogen (secondary N) is 3. The van der Waals surface area contributed by atoms with Crippen molar-refractivity contribution in [3.8, 4) is 0 Å². The molecule has 0 spiro atoms. The minimum Gasteiger partial charge on any atom is -0.362 e. The Labute approximate surface area is 173 Å².